The van der Waals surface area contributed by atoms with Gasteiger partial charge in [-0.05, 0) is 24.8 Å². The van der Waals surface area contributed by atoms with E-state index in [0.29, 0.717) is 6.54 Å². The fourth-order valence-electron chi connectivity index (χ4n) is 3.22. The van der Waals surface area contributed by atoms with Gasteiger partial charge in [-0.15, -0.1) is 0 Å². The lowest BCUT2D eigenvalue weighted by Gasteiger charge is -2.12. The lowest BCUT2D eigenvalue weighted by atomic mass is 10.0. The number of aryl methyl sites for hydroxylation is 1. The van der Waals surface area contributed by atoms with E-state index in [-0.39, 0.29) is 11.6 Å². The molecule has 3 rings (SSSR count). The van der Waals surface area contributed by atoms with Crippen LogP contribution in [-0.4, -0.2) is 24.3 Å². The van der Waals surface area contributed by atoms with E-state index in [1.807, 2.05) is 45.7 Å². The molecular weight excluding hydrogens is 314 g/mol. The lowest BCUT2D eigenvalue weighted by Crippen LogP contribution is -2.06. The maximum atomic E-state index is 10.5. The zero-order valence-electron chi connectivity index (χ0n) is 14.6. The van der Waals surface area contributed by atoms with Gasteiger partial charge in [-0.1, -0.05) is 43.7 Å². The number of hydrogen-bond donors (Lipinski definition) is 2. The van der Waals surface area contributed by atoms with Gasteiger partial charge in [-0.2, -0.15) is 0 Å². The minimum Gasteiger partial charge on any atom is -0.503 e. The number of hydrogen-bond acceptors (Lipinski definition) is 3. The van der Waals surface area contributed by atoms with Crippen LogP contribution in [0.1, 0.15) is 31.9 Å². The normalized spacial score (nSPS) is 11.1. The zero-order chi connectivity index (χ0) is 17.6. The quantitative estimate of drug-likeness (QED) is 0.646. The van der Waals surface area contributed by atoms with Crippen molar-refractivity contribution in [3.63, 3.8) is 0 Å². The first-order valence-electron chi connectivity index (χ1n) is 8.86. The van der Waals surface area contributed by atoms with Crippen molar-refractivity contribution in [1.29, 1.82) is 0 Å². The van der Waals surface area contributed by atoms with Crippen molar-refractivity contribution in [2.24, 2.45) is 0 Å². The predicted molar refractivity (Wildman–Crippen MR) is 98.7 cm³/mol. The third-order valence-electron chi connectivity index (χ3n) is 4.51. The first kappa shape index (κ1) is 17.1. The number of aromatic nitrogens is 3. The summed E-state index contributed by atoms with van der Waals surface area (Å²) in [5.41, 5.74) is 2.71. The average Bonchev–Trinajstić information content (AvgIpc) is 3.23. The first-order valence-corrected chi connectivity index (χ1v) is 8.86. The molecular formula is C20H25N3O2. The summed E-state index contributed by atoms with van der Waals surface area (Å²) < 4.78 is 3.88. The second kappa shape index (κ2) is 7.92. The second-order valence-electron chi connectivity index (χ2n) is 6.27. The number of imidazole rings is 1. The average molecular weight is 339 g/mol. The van der Waals surface area contributed by atoms with E-state index >= 15 is 0 Å². The maximum Gasteiger partial charge on any atom is 0.235 e. The largest absolute Gasteiger partial charge is 0.503 e. The van der Waals surface area contributed by atoms with Crippen molar-refractivity contribution in [3.8, 4) is 22.8 Å². The highest BCUT2D eigenvalue weighted by atomic mass is 16.3. The summed E-state index contributed by atoms with van der Waals surface area (Å²) in [5.74, 6) is -0.0458. The van der Waals surface area contributed by atoms with Gasteiger partial charge in [0, 0.05) is 36.7 Å². The molecule has 0 spiro atoms. The van der Waals surface area contributed by atoms with E-state index < -0.39 is 0 Å². The van der Waals surface area contributed by atoms with Gasteiger partial charge in [0.15, 0.2) is 5.75 Å². The number of rotatable bonds is 8. The summed E-state index contributed by atoms with van der Waals surface area (Å²) in [5, 5.41) is 21.1. The molecule has 0 fully saturated rings. The molecule has 2 heterocycles. The van der Waals surface area contributed by atoms with E-state index in [0.717, 1.165) is 49.0 Å². The van der Waals surface area contributed by atoms with Crippen LogP contribution in [0.2, 0.25) is 0 Å². The van der Waals surface area contributed by atoms with E-state index in [4.69, 9.17) is 0 Å². The molecule has 0 aliphatic heterocycles. The maximum absolute atomic E-state index is 10.5. The van der Waals surface area contributed by atoms with Gasteiger partial charge in [-0.25, -0.2) is 4.98 Å². The van der Waals surface area contributed by atoms with E-state index in [1.54, 1.807) is 12.5 Å². The third kappa shape index (κ3) is 3.71. The number of nitrogens with zero attached hydrogens (tertiary/aromatic N) is 3. The molecule has 0 amide bonds. The summed E-state index contributed by atoms with van der Waals surface area (Å²) in [4.78, 5) is 4.05. The number of aromatic hydroxyl groups is 2. The van der Waals surface area contributed by atoms with Gasteiger partial charge in [-0.3, -0.25) is 0 Å². The second-order valence-corrected chi connectivity index (χ2v) is 6.27. The topological polar surface area (TPSA) is 63.2 Å². The Morgan fingerprint density at radius 3 is 2.52 bits per heavy atom. The fraction of sp³-hybridized carbons (Fsp3) is 0.350. The van der Waals surface area contributed by atoms with Crippen LogP contribution in [-0.2, 0) is 19.5 Å². The molecule has 132 valence electrons. The molecule has 0 saturated carbocycles. The van der Waals surface area contributed by atoms with E-state index in [9.17, 15) is 10.2 Å². The van der Waals surface area contributed by atoms with Crippen molar-refractivity contribution in [2.45, 2.75) is 45.7 Å². The Hall–Kier alpha value is -2.69. The third-order valence-corrected chi connectivity index (χ3v) is 4.51. The summed E-state index contributed by atoms with van der Waals surface area (Å²) in [6.07, 6.45) is 9.26. The molecule has 2 N–H and O–H groups in total. The highest BCUT2D eigenvalue weighted by Gasteiger charge is 2.22. The molecule has 0 atom stereocenters. The van der Waals surface area contributed by atoms with Gasteiger partial charge in [0.1, 0.15) is 0 Å². The summed E-state index contributed by atoms with van der Waals surface area (Å²) in [6, 6.07) is 9.80. The van der Waals surface area contributed by atoms with E-state index in [2.05, 4.69) is 11.9 Å². The molecule has 0 aliphatic rings. The summed E-state index contributed by atoms with van der Waals surface area (Å²) in [6.45, 7) is 3.63. The van der Waals surface area contributed by atoms with Gasteiger partial charge < -0.3 is 19.3 Å². The Labute approximate surface area is 148 Å². The van der Waals surface area contributed by atoms with Crippen LogP contribution in [0, 0.1) is 0 Å². The van der Waals surface area contributed by atoms with Gasteiger partial charge in [0.2, 0.25) is 5.88 Å². The number of benzene rings is 1. The Morgan fingerprint density at radius 2 is 1.84 bits per heavy atom. The SMILES string of the molecule is CCCCc1c(-c2ccccc2)c(O)c(O)n1CCCn1ccnc1. The summed E-state index contributed by atoms with van der Waals surface area (Å²) >= 11 is 0. The predicted octanol–water partition coefficient (Wildman–Crippen LogP) is 4.20. The molecule has 3 aromatic rings. The van der Waals surface area contributed by atoms with Crippen LogP contribution in [0.5, 0.6) is 11.6 Å². The molecule has 0 saturated heterocycles. The molecule has 5 nitrogen and oxygen atoms in total. The fourth-order valence-corrected chi connectivity index (χ4v) is 3.22. The van der Waals surface area contributed by atoms with Crippen LogP contribution in [0.15, 0.2) is 49.1 Å². The first-order chi connectivity index (χ1) is 12.2. The van der Waals surface area contributed by atoms with Crippen molar-refractivity contribution in [1.82, 2.24) is 14.1 Å². The van der Waals surface area contributed by atoms with Crippen LogP contribution in [0.3, 0.4) is 0 Å². The number of unbranched alkanes of at least 4 members (excludes halogenated alkanes) is 1. The highest BCUT2D eigenvalue weighted by Crippen LogP contribution is 2.43. The zero-order valence-corrected chi connectivity index (χ0v) is 14.6. The molecule has 0 aliphatic carbocycles. The molecule has 0 radical (unpaired) electrons. The van der Waals surface area contributed by atoms with Gasteiger partial charge in [0.05, 0.1) is 6.33 Å². The highest BCUT2D eigenvalue weighted by molar-refractivity contribution is 5.76. The lowest BCUT2D eigenvalue weighted by molar-refractivity contribution is 0.365. The smallest absolute Gasteiger partial charge is 0.235 e. The monoisotopic (exact) mass is 339 g/mol. The molecule has 5 heteroatoms. The molecule has 1 aromatic carbocycles. The van der Waals surface area contributed by atoms with Gasteiger partial charge >= 0.3 is 0 Å². The Morgan fingerprint density at radius 1 is 1.04 bits per heavy atom. The van der Waals surface area contributed by atoms with Gasteiger partial charge in [0.25, 0.3) is 0 Å². The van der Waals surface area contributed by atoms with Crippen molar-refractivity contribution in [3.05, 3.63) is 54.7 Å². The minimum absolute atomic E-state index is 0.0140. The standard InChI is InChI=1S/C20H25N3O2/c1-2-3-10-17-18(16-8-5-4-6-9-16)19(24)20(25)23(17)13-7-12-22-14-11-21-15-22/h4-6,8-9,11,14-15,24-25H,2-3,7,10,12-13H2,1H3. The van der Waals surface area contributed by atoms with Crippen LogP contribution in [0.4, 0.5) is 0 Å². The van der Waals surface area contributed by atoms with Crippen LogP contribution < -0.4 is 0 Å². The van der Waals surface area contributed by atoms with Crippen molar-refractivity contribution < 1.29 is 10.2 Å². The Kier molecular flexibility index (Phi) is 5.43. The molecule has 25 heavy (non-hydrogen) atoms. The van der Waals surface area contributed by atoms with Crippen molar-refractivity contribution >= 4 is 0 Å². The van der Waals surface area contributed by atoms with Crippen molar-refractivity contribution in [2.75, 3.05) is 0 Å². The molecule has 0 bridgehead atoms. The van der Waals surface area contributed by atoms with E-state index in [1.165, 1.54) is 0 Å². The molecule has 2 aromatic heterocycles. The molecule has 0 unspecified atom stereocenters. The Balaban J connectivity index is 1.90. The van der Waals surface area contributed by atoms with Crippen LogP contribution in [0.25, 0.3) is 11.1 Å². The summed E-state index contributed by atoms with van der Waals surface area (Å²) in [7, 11) is 0. The van der Waals surface area contributed by atoms with Crippen LogP contribution >= 0.6 is 0 Å². The minimum atomic E-state index is -0.0319. The Bertz CT molecular complexity index is 792.